The van der Waals surface area contributed by atoms with Crippen molar-refractivity contribution in [1.82, 2.24) is 4.90 Å². The Morgan fingerprint density at radius 3 is 2.56 bits per heavy atom. The lowest BCUT2D eigenvalue weighted by molar-refractivity contribution is -0.123. The lowest BCUT2D eigenvalue weighted by Crippen LogP contribution is -2.27. The van der Waals surface area contributed by atoms with Gasteiger partial charge in [0.05, 0.1) is 11.4 Å². The van der Waals surface area contributed by atoms with Crippen LogP contribution in [-0.4, -0.2) is 28.6 Å². The van der Waals surface area contributed by atoms with Crippen LogP contribution in [0.2, 0.25) is 15.1 Å². The number of rotatable bonds is 7. The first-order valence-corrected chi connectivity index (χ1v) is 12.6. The number of nitrogens with one attached hydrogen (secondary N) is 1. The Balaban J connectivity index is 1.47. The van der Waals surface area contributed by atoms with Gasteiger partial charge in [-0.1, -0.05) is 53.0 Å². The minimum absolute atomic E-state index is 0.102. The van der Waals surface area contributed by atoms with Crippen LogP contribution in [0.1, 0.15) is 16.7 Å². The number of hydrogen-bond acceptors (Lipinski definition) is 5. The number of halogens is 3. The number of anilines is 1. The van der Waals surface area contributed by atoms with Crippen LogP contribution in [0.3, 0.4) is 0 Å². The first kappa shape index (κ1) is 26.1. The van der Waals surface area contributed by atoms with Gasteiger partial charge >= 0.3 is 0 Å². The highest BCUT2D eigenvalue weighted by atomic mass is 35.5. The molecule has 1 saturated heterocycles. The molecule has 3 amide bonds. The molecule has 3 aromatic carbocycles. The predicted molar refractivity (Wildman–Crippen MR) is 145 cm³/mol. The number of aryl methyl sites for hydroxylation is 1. The zero-order chi connectivity index (χ0) is 25.8. The largest absolute Gasteiger partial charge is 0.483 e. The van der Waals surface area contributed by atoms with E-state index in [0.717, 1.165) is 27.8 Å². The molecule has 184 valence electrons. The molecular weight excluding hydrogens is 543 g/mol. The van der Waals surface area contributed by atoms with Gasteiger partial charge in [0.15, 0.2) is 6.61 Å². The van der Waals surface area contributed by atoms with Gasteiger partial charge in [-0.05, 0) is 78.4 Å². The molecule has 0 aliphatic carbocycles. The van der Waals surface area contributed by atoms with Gasteiger partial charge in [0.2, 0.25) is 0 Å². The maximum Gasteiger partial charge on any atom is 0.293 e. The van der Waals surface area contributed by atoms with E-state index in [1.807, 2.05) is 6.92 Å². The first-order chi connectivity index (χ1) is 17.2. The van der Waals surface area contributed by atoms with E-state index in [-0.39, 0.29) is 18.1 Å². The molecule has 1 aliphatic rings. The zero-order valence-electron chi connectivity index (χ0n) is 18.9. The Morgan fingerprint density at radius 1 is 1.03 bits per heavy atom. The number of amides is 3. The molecule has 6 nitrogen and oxygen atoms in total. The molecule has 36 heavy (non-hydrogen) atoms. The summed E-state index contributed by atoms with van der Waals surface area (Å²) in [6.45, 7) is 1.68. The Morgan fingerprint density at radius 2 is 1.81 bits per heavy atom. The number of imide groups is 1. The molecule has 1 fully saturated rings. The van der Waals surface area contributed by atoms with Gasteiger partial charge in [-0.2, -0.15) is 0 Å². The molecule has 0 radical (unpaired) electrons. The van der Waals surface area contributed by atoms with E-state index in [1.165, 1.54) is 6.08 Å². The highest BCUT2D eigenvalue weighted by Crippen LogP contribution is 2.36. The third-order valence-corrected chi connectivity index (χ3v) is 6.96. The molecule has 1 aliphatic heterocycles. The lowest BCUT2D eigenvalue weighted by atomic mass is 10.1. The Bertz CT molecular complexity index is 1390. The normalized spacial score (nSPS) is 14.4. The molecule has 3 aromatic rings. The summed E-state index contributed by atoms with van der Waals surface area (Å²) in [5, 5.41) is 3.79. The monoisotopic (exact) mass is 560 g/mol. The number of nitrogens with zero attached hydrogens (tertiary/aromatic N) is 1. The van der Waals surface area contributed by atoms with E-state index in [1.54, 1.807) is 60.7 Å². The molecule has 0 saturated carbocycles. The topological polar surface area (TPSA) is 75.7 Å². The first-order valence-electron chi connectivity index (χ1n) is 10.7. The summed E-state index contributed by atoms with van der Waals surface area (Å²) in [5.41, 5.74) is 2.64. The van der Waals surface area contributed by atoms with Crippen LogP contribution in [0.5, 0.6) is 5.75 Å². The molecule has 1 N–H and O–H groups in total. The third-order valence-electron chi connectivity index (χ3n) is 5.18. The summed E-state index contributed by atoms with van der Waals surface area (Å²) in [6.07, 6.45) is 1.53. The zero-order valence-corrected chi connectivity index (χ0v) is 22.0. The quantitative estimate of drug-likeness (QED) is 0.309. The van der Waals surface area contributed by atoms with E-state index in [9.17, 15) is 14.4 Å². The van der Waals surface area contributed by atoms with E-state index >= 15 is 0 Å². The Labute approximate surface area is 227 Å². The van der Waals surface area contributed by atoms with Crippen LogP contribution in [-0.2, 0) is 16.1 Å². The molecule has 0 unspecified atom stereocenters. The lowest BCUT2D eigenvalue weighted by Gasteiger charge is -2.13. The number of hydrogen-bond donors (Lipinski definition) is 1. The van der Waals surface area contributed by atoms with Crippen molar-refractivity contribution in [1.29, 1.82) is 0 Å². The van der Waals surface area contributed by atoms with Gasteiger partial charge in [-0.15, -0.1) is 0 Å². The van der Waals surface area contributed by atoms with E-state index in [0.29, 0.717) is 32.1 Å². The second kappa shape index (κ2) is 11.4. The summed E-state index contributed by atoms with van der Waals surface area (Å²) in [5.74, 6) is -0.499. The molecular formula is C26H19Cl3N2O4S. The molecule has 4 rings (SSSR count). The summed E-state index contributed by atoms with van der Waals surface area (Å²) < 4.78 is 5.71. The van der Waals surface area contributed by atoms with Crippen molar-refractivity contribution in [2.45, 2.75) is 13.5 Å². The van der Waals surface area contributed by atoms with Crippen molar-refractivity contribution in [3.8, 4) is 5.75 Å². The van der Waals surface area contributed by atoms with Gasteiger partial charge in [-0.3, -0.25) is 19.3 Å². The van der Waals surface area contributed by atoms with Crippen molar-refractivity contribution in [3.05, 3.63) is 97.3 Å². The Kier molecular flexibility index (Phi) is 8.26. The van der Waals surface area contributed by atoms with Crippen LogP contribution in [0, 0.1) is 6.92 Å². The number of carbonyl (C=O) groups is 3. The summed E-state index contributed by atoms with van der Waals surface area (Å²) in [6, 6.07) is 17.0. The van der Waals surface area contributed by atoms with Gasteiger partial charge < -0.3 is 10.1 Å². The van der Waals surface area contributed by atoms with Crippen molar-refractivity contribution >= 4 is 75.4 Å². The van der Waals surface area contributed by atoms with E-state index < -0.39 is 17.1 Å². The number of carbonyl (C=O) groups excluding carboxylic acids is 3. The average molecular weight is 562 g/mol. The highest BCUT2D eigenvalue weighted by Gasteiger charge is 2.35. The average Bonchev–Trinajstić information content (AvgIpc) is 3.08. The fraction of sp³-hybridized carbons (Fsp3) is 0.115. The summed E-state index contributed by atoms with van der Waals surface area (Å²) in [4.78, 5) is 39.3. The second-order valence-corrected chi connectivity index (χ2v) is 10.2. The summed E-state index contributed by atoms with van der Waals surface area (Å²) >= 11 is 19.1. The SMILES string of the molecule is Cc1ccc(NC(=O)COc2ccc(Cl)cc2/C=C2\SC(=O)N(Cc3cccc(Cl)c3)C2=O)cc1Cl. The van der Waals surface area contributed by atoms with Crippen LogP contribution < -0.4 is 10.1 Å². The number of benzene rings is 3. The van der Waals surface area contributed by atoms with Crippen LogP contribution >= 0.6 is 46.6 Å². The molecule has 0 bridgehead atoms. The predicted octanol–water partition coefficient (Wildman–Crippen LogP) is 7.21. The third kappa shape index (κ3) is 6.42. The maximum atomic E-state index is 13.0. The smallest absolute Gasteiger partial charge is 0.293 e. The van der Waals surface area contributed by atoms with Crippen LogP contribution in [0.15, 0.2) is 65.6 Å². The van der Waals surface area contributed by atoms with Crippen molar-refractivity contribution in [2.24, 2.45) is 0 Å². The van der Waals surface area contributed by atoms with Crippen molar-refractivity contribution < 1.29 is 19.1 Å². The second-order valence-electron chi connectivity index (χ2n) is 7.88. The fourth-order valence-electron chi connectivity index (χ4n) is 3.37. The van der Waals surface area contributed by atoms with Gasteiger partial charge in [0, 0.05) is 26.3 Å². The van der Waals surface area contributed by atoms with Gasteiger partial charge in [0.1, 0.15) is 5.75 Å². The Hall–Kier alpha value is -2.97. The standard InChI is InChI=1S/C26H19Cl3N2O4S/c1-15-5-7-20(12-21(15)29)30-24(32)14-35-22-8-6-19(28)10-17(22)11-23-25(33)31(26(34)36-23)13-16-3-2-4-18(27)9-16/h2-12H,13-14H2,1H3,(H,30,32)/b23-11-. The number of ether oxygens (including phenoxy) is 1. The van der Waals surface area contributed by atoms with E-state index in [2.05, 4.69) is 5.32 Å². The number of thioether (sulfide) groups is 1. The maximum absolute atomic E-state index is 13.0. The van der Waals surface area contributed by atoms with Crippen molar-refractivity contribution in [3.63, 3.8) is 0 Å². The van der Waals surface area contributed by atoms with Gasteiger partial charge in [-0.25, -0.2) is 0 Å². The van der Waals surface area contributed by atoms with Gasteiger partial charge in [0.25, 0.3) is 17.1 Å². The fourth-order valence-corrected chi connectivity index (χ4v) is 4.77. The minimum Gasteiger partial charge on any atom is -0.483 e. The highest BCUT2D eigenvalue weighted by molar-refractivity contribution is 8.18. The minimum atomic E-state index is -0.440. The molecule has 0 atom stereocenters. The molecule has 0 spiro atoms. The van der Waals surface area contributed by atoms with Crippen molar-refractivity contribution in [2.75, 3.05) is 11.9 Å². The molecule has 10 heteroatoms. The summed E-state index contributed by atoms with van der Waals surface area (Å²) in [7, 11) is 0. The van der Waals surface area contributed by atoms with E-state index in [4.69, 9.17) is 39.5 Å². The molecule has 1 heterocycles. The van der Waals surface area contributed by atoms with Crippen LogP contribution in [0.25, 0.3) is 6.08 Å². The molecule has 0 aromatic heterocycles. The van der Waals surface area contributed by atoms with Crippen LogP contribution in [0.4, 0.5) is 10.5 Å².